The molecule has 129 heavy (non-hydrogen) atoms. The Morgan fingerprint density at radius 3 is 0.806 bits per heavy atom. The average molecular weight is 1730 g/mol. The molecule has 10 aromatic rings. The van der Waals surface area contributed by atoms with Gasteiger partial charge >= 0.3 is 0 Å². The number of pyridine rings is 5. The summed E-state index contributed by atoms with van der Waals surface area (Å²) < 4.78 is 12.4. The summed E-state index contributed by atoms with van der Waals surface area (Å²) in [7, 11) is 11.4. The Balaban J connectivity index is 0.000000119. The van der Waals surface area contributed by atoms with Crippen LogP contribution in [0.25, 0.3) is 56.3 Å². The van der Waals surface area contributed by atoms with E-state index in [1.807, 2.05) is 0 Å². The Kier molecular flexibility index (Phi) is 24.0. The smallest absolute Gasteiger partial charge is 0.201 e. The third kappa shape index (κ3) is 15.9. The van der Waals surface area contributed by atoms with Gasteiger partial charge in [-0.05, 0) is 392 Å². The molecule has 0 unspecified atom stereocenters. The van der Waals surface area contributed by atoms with Gasteiger partial charge < -0.3 is 0 Å². The lowest BCUT2D eigenvalue weighted by atomic mass is 9.55. The van der Waals surface area contributed by atoms with Gasteiger partial charge in [0.05, 0.1) is 22.0 Å². The van der Waals surface area contributed by atoms with E-state index in [2.05, 4.69) is 380 Å². The fraction of sp³-hybridized carbons (Fsp3) is 0.556. The van der Waals surface area contributed by atoms with Crippen molar-refractivity contribution in [3.63, 3.8) is 0 Å². The maximum atomic E-state index is 2.61. The highest BCUT2D eigenvalue weighted by atomic mass is 15.0. The van der Waals surface area contributed by atoms with E-state index in [0.29, 0.717) is 0 Å². The van der Waals surface area contributed by atoms with Crippen molar-refractivity contribution in [1.29, 1.82) is 0 Å². The maximum Gasteiger partial charge on any atom is 0.216 e. The number of hydrogen-bond acceptors (Lipinski definition) is 0. The van der Waals surface area contributed by atoms with Gasteiger partial charge in [-0.3, -0.25) is 0 Å². The van der Waals surface area contributed by atoms with Crippen LogP contribution in [0.15, 0.2) is 122 Å². The van der Waals surface area contributed by atoms with Crippen LogP contribution in [0.5, 0.6) is 0 Å². The zero-order valence-electron chi connectivity index (χ0n) is 87.5. The molecule has 5 aromatic heterocycles. The van der Waals surface area contributed by atoms with E-state index in [9.17, 15) is 0 Å². The minimum Gasteiger partial charge on any atom is -0.201 e. The van der Waals surface area contributed by atoms with Gasteiger partial charge in [0.1, 0.15) is 35.2 Å². The molecule has 0 N–H and O–H groups in total. The molecule has 0 amide bonds. The molecule has 5 aromatic carbocycles. The summed E-state index contributed by atoms with van der Waals surface area (Å²) in [5.74, 6) is 0. The lowest BCUT2D eigenvalue weighted by Crippen LogP contribution is -2.53. The SMILES string of the molecule is Cc1c2c(c3c(c1-c1cccc[n+]1C)CCC3)CCC2.Cc1c2c(c3c(c1-c1cccc[n+]1C)CCCC3)CCCC2.Cc1ccccc1-c1c2c(c3c([n+]1C)C(C)(C)CC3(C)C)C(C)(C)CC2(C)C.Cc1ccccc1-c1c2c(c3c([n+]1C)C(C)(C)CC3(C)C)C(C)(C)CCC2(C)C.Cc1ccccc1-c1c2c(c3c([n+]1C)C(C)(C)CCC3(C)C)C(C)(C)CCC2(C)C. The second-order valence-corrected chi connectivity index (χ2v) is 50.6. The fourth-order valence-electron chi connectivity index (χ4n) is 29.7. The van der Waals surface area contributed by atoms with E-state index in [4.69, 9.17) is 0 Å². The Bertz CT molecular complexity index is 6150. The van der Waals surface area contributed by atoms with Crippen LogP contribution in [-0.2, 0) is 152 Å². The van der Waals surface area contributed by atoms with E-state index in [-0.39, 0.29) is 65.0 Å². The topological polar surface area (TPSA) is 19.4 Å². The van der Waals surface area contributed by atoms with Crippen molar-refractivity contribution in [2.24, 2.45) is 35.2 Å². The highest BCUT2D eigenvalue weighted by Crippen LogP contribution is 2.63. The Labute approximate surface area is 783 Å². The van der Waals surface area contributed by atoms with Gasteiger partial charge in [0.25, 0.3) is 0 Å². The van der Waals surface area contributed by atoms with Crippen LogP contribution in [0.1, 0.15) is 402 Å². The minimum absolute atomic E-state index is 0.173. The summed E-state index contributed by atoms with van der Waals surface area (Å²) >= 11 is 0. The quantitative estimate of drug-likeness (QED) is 0.153. The van der Waals surface area contributed by atoms with E-state index in [1.54, 1.807) is 134 Å². The van der Waals surface area contributed by atoms with Gasteiger partial charge in [-0.25, -0.2) is 9.13 Å². The molecule has 20 rings (SSSR count). The third-order valence-electron chi connectivity index (χ3n) is 34.9. The molecule has 5 heterocycles. The number of benzene rings is 5. The Morgan fingerprint density at radius 1 is 0.217 bits per heavy atom. The molecule has 0 saturated heterocycles. The molecule has 684 valence electrons. The monoisotopic (exact) mass is 1730 g/mol. The third-order valence-corrected chi connectivity index (χ3v) is 34.9. The van der Waals surface area contributed by atoms with Crippen LogP contribution < -0.4 is 22.8 Å². The molecule has 0 fully saturated rings. The summed E-state index contributed by atoms with van der Waals surface area (Å²) in [6, 6.07) is 40.1. The Morgan fingerprint density at radius 2 is 0.450 bits per heavy atom. The van der Waals surface area contributed by atoms with E-state index in [0.717, 1.165) is 0 Å². The standard InChI is InChI=1S/C29H42N.C28H40N.C27H38N.C21H26N.C19H22N/c1-19-13-11-12-14-20(19)24-22-21(26(2,3)15-16-27(22,4)5)23-25(30(24)10)29(8,9)18-17-28(23,6)7;1-18-13-11-12-14-19(18)23-21-20(25(2,3)15-16-26(21,4)5)22-24(29(23)10)28(8,9)17-27(22,6)7;1-17-13-11-12-14-18(17)22-20-19(24(2,3)15-25(20,4)5)21-23(28(22)10)27(8,9)16-26(21,6)7;1-15-16-9-3-4-10-17(16)18-11-5-6-12-19(18)21(15)20-13-7-8-14-22(20)2;1-13-14-7-5-8-15(14)16-9-6-10-17(16)19(13)18-11-3-4-12-20(18)2/h11-14H,15-18H2,1-10H3;11-14H,15-17H2,1-10H3;11-14H,15-16H2,1-10H3;7-8,13-14H,3-6,9-12H2,1-2H3;3-4,11-12H,5-10H2,1-2H3/q5*+1. The zero-order valence-corrected chi connectivity index (χ0v) is 87.5. The van der Waals surface area contributed by atoms with Gasteiger partial charge in [-0.15, -0.1) is 0 Å². The average Bonchev–Trinajstić information content (AvgIpc) is 1.64. The van der Waals surface area contributed by atoms with Crippen LogP contribution in [-0.4, -0.2) is 0 Å². The highest BCUT2D eigenvalue weighted by molar-refractivity contribution is 5.77. The second kappa shape index (κ2) is 32.9. The number of aromatic nitrogens is 5. The zero-order chi connectivity index (χ0) is 93.5. The van der Waals surface area contributed by atoms with Crippen LogP contribution in [0, 0.1) is 34.6 Å². The lowest BCUT2D eigenvalue weighted by molar-refractivity contribution is -0.673. The van der Waals surface area contributed by atoms with Crippen molar-refractivity contribution in [3.8, 4) is 56.3 Å². The maximum absolute atomic E-state index is 2.61. The Hall–Kier alpha value is -8.15. The molecule has 0 bridgehead atoms. The molecule has 0 spiro atoms. The van der Waals surface area contributed by atoms with Crippen molar-refractivity contribution in [3.05, 3.63) is 261 Å². The van der Waals surface area contributed by atoms with Crippen molar-refractivity contribution in [2.75, 3.05) is 0 Å². The predicted molar refractivity (Wildman–Crippen MR) is 544 cm³/mol. The molecule has 10 aliphatic rings. The van der Waals surface area contributed by atoms with E-state index in [1.165, 1.54) is 210 Å². The summed E-state index contributed by atoms with van der Waals surface area (Å²) in [6.07, 6.45) is 34.1. The first-order valence-electron chi connectivity index (χ1n) is 50.9. The van der Waals surface area contributed by atoms with Crippen molar-refractivity contribution in [1.82, 2.24) is 0 Å². The largest absolute Gasteiger partial charge is 0.216 e. The van der Waals surface area contributed by atoms with Gasteiger partial charge in [0.15, 0.2) is 29.5 Å². The molecule has 0 aliphatic heterocycles. The summed E-state index contributed by atoms with van der Waals surface area (Å²) in [5, 5.41) is 0. The number of fused-ring (bicyclic) bond motifs is 15. The van der Waals surface area contributed by atoms with Crippen molar-refractivity contribution >= 4 is 0 Å². The summed E-state index contributed by atoms with van der Waals surface area (Å²) in [5.41, 5.74) is 57.0. The minimum atomic E-state index is 0.173. The van der Waals surface area contributed by atoms with Crippen LogP contribution >= 0.6 is 0 Å². The summed E-state index contributed by atoms with van der Waals surface area (Å²) in [4.78, 5) is 0. The molecule has 0 atom stereocenters. The number of hydrogen-bond donors (Lipinski definition) is 0. The molecule has 5 nitrogen and oxygen atoms in total. The number of rotatable bonds is 5. The van der Waals surface area contributed by atoms with Gasteiger partial charge in [-0.1, -0.05) is 179 Å². The number of aryl methyl sites for hydroxylation is 5. The van der Waals surface area contributed by atoms with Crippen LogP contribution in [0.3, 0.4) is 0 Å². The van der Waals surface area contributed by atoms with Crippen LogP contribution in [0.4, 0.5) is 0 Å². The molecule has 0 saturated carbocycles. The first kappa shape index (κ1) is 94.1. The molecular formula is C124H168N5+5. The molecular weight excluding hydrogens is 1560 g/mol. The van der Waals surface area contributed by atoms with Gasteiger partial charge in [0, 0.05) is 79.8 Å². The summed E-state index contributed by atoms with van der Waals surface area (Å²) in [6.45, 7) is 70.9. The molecule has 5 heteroatoms. The van der Waals surface area contributed by atoms with Crippen molar-refractivity contribution in [2.45, 2.75) is 413 Å². The van der Waals surface area contributed by atoms with Crippen LogP contribution in [0.2, 0.25) is 0 Å². The van der Waals surface area contributed by atoms with Gasteiger partial charge in [0.2, 0.25) is 28.5 Å². The molecule has 10 aliphatic carbocycles. The van der Waals surface area contributed by atoms with E-state index >= 15 is 0 Å². The lowest BCUT2D eigenvalue weighted by Gasteiger charge is -2.48. The van der Waals surface area contributed by atoms with E-state index < -0.39 is 0 Å². The number of nitrogens with zero attached hydrogens (tertiary/aromatic N) is 5. The highest BCUT2D eigenvalue weighted by Gasteiger charge is 2.60. The predicted octanol–water partition coefficient (Wildman–Crippen LogP) is 28.1. The normalized spacial score (nSPS) is 20.8. The first-order chi connectivity index (χ1) is 60.2. The van der Waals surface area contributed by atoms with Crippen molar-refractivity contribution < 1.29 is 22.8 Å². The fourth-order valence-corrected chi connectivity index (χ4v) is 29.7. The van der Waals surface area contributed by atoms with Gasteiger partial charge in [-0.2, -0.15) is 13.7 Å². The molecule has 0 radical (unpaired) electrons. The second-order valence-electron chi connectivity index (χ2n) is 50.6. The first-order valence-corrected chi connectivity index (χ1v) is 50.9.